The van der Waals surface area contributed by atoms with Crippen molar-refractivity contribution in [3.63, 3.8) is 0 Å². The summed E-state index contributed by atoms with van der Waals surface area (Å²) in [6, 6.07) is 8.91. The number of pyridine rings is 1. The molecule has 98 valence electrons. The van der Waals surface area contributed by atoms with Crippen molar-refractivity contribution in [3.05, 3.63) is 47.8 Å². The van der Waals surface area contributed by atoms with Gasteiger partial charge < -0.3 is 15.2 Å². The lowest BCUT2D eigenvalue weighted by Gasteiger charge is -2.12. The lowest BCUT2D eigenvalue weighted by Crippen LogP contribution is -2.01. The van der Waals surface area contributed by atoms with E-state index in [2.05, 4.69) is 10.3 Å². The first-order valence-electron chi connectivity index (χ1n) is 5.71. The van der Waals surface area contributed by atoms with Gasteiger partial charge in [0.15, 0.2) is 0 Å². The summed E-state index contributed by atoms with van der Waals surface area (Å²) in [6.07, 6.45) is 1.45. The average Bonchev–Trinajstić information content (AvgIpc) is 2.39. The molecule has 0 aliphatic rings. The van der Waals surface area contributed by atoms with Gasteiger partial charge in [0.05, 0.1) is 12.8 Å². The fourth-order valence-electron chi connectivity index (χ4n) is 1.70. The Morgan fingerprint density at radius 3 is 2.79 bits per heavy atom. The molecular formula is C14H14N2O3. The average molecular weight is 258 g/mol. The van der Waals surface area contributed by atoms with Gasteiger partial charge in [-0.3, -0.25) is 0 Å². The summed E-state index contributed by atoms with van der Waals surface area (Å²) in [5, 5.41) is 12.0. The van der Waals surface area contributed by atoms with Gasteiger partial charge in [0.2, 0.25) is 0 Å². The van der Waals surface area contributed by atoms with Crippen molar-refractivity contribution < 1.29 is 14.6 Å². The van der Waals surface area contributed by atoms with Gasteiger partial charge in [0, 0.05) is 11.9 Å². The summed E-state index contributed by atoms with van der Waals surface area (Å²) < 4.78 is 5.26. The van der Waals surface area contributed by atoms with Gasteiger partial charge in [-0.2, -0.15) is 0 Å². The minimum Gasteiger partial charge on any atom is -0.495 e. The second-order valence-electron chi connectivity index (χ2n) is 4.06. The first-order valence-corrected chi connectivity index (χ1v) is 5.71. The number of carboxylic acids is 1. The summed E-state index contributed by atoms with van der Waals surface area (Å²) in [6.45, 7) is 1.97. The molecule has 2 aromatic rings. The molecule has 5 nitrogen and oxygen atoms in total. The number of hydrogen-bond donors (Lipinski definition) is 2. The molecule has 0 amide bonds. The maximum atomic E-state index is 10.9. The number of benzene rings is 1. The van der Waals surface area contributed by atoms with Crippen LogP contribution in [0.2, 0.25) is 0 Å². The second-order valence-corrected chi connectivity index (χ2v) is 4.06. The first-order chi connectivity index (χ1) is 9.10. The first kappa shape index (κ1) is 12.9. The summed E-state index contributed by atoms with van der Waals surface area (Å²) in [5.74, 6) is -0.362. The van der Waals surface area contributed by atoms with Crippen LogP contribution in [-0.2, 0) is 0 Å². The SMILES string of the molecule is COc1ccc(C)cc1Nc1ccnc(C(=O)O)c1. The number of ether oxygens (including phenoxy) is 1. The molecular weight excluding hydrogens is 244 g/mol. The van der Waals surface area contributed by atoms with Crippen molar-refractivity contribution in [3.8, 4) is 5.75 Å². The topological polar surface area (TPSA) is 71.5 Å². The largest absolute Gasteiger partial charge is 0.495 e. The third kappa shape index (κ3) is 3.01. The molecule has 0 saturated heterocycles. The Morgan fingerprint density at radius 1 is 1.32 bits per heavy atom. The number of methoxy groups -OCH3 is 1. The van der Waals surface area contributed by atoms with E-state index >= 15 is 0 Å². The number of aryl methyl sites for hydroxylation is 1. The Kier molecular flexibility index (Phi) is 3.66. The monoisotopic (exact) mass is 258 g/mol. The Bertz CT molecular complexity index is 611. The highest BCUT2D eigenvalue weighted by atomic mass is 16.5. The number of carboxylic acid groups (broad SMARTS) is 1. The summed E-state index contributed by atoms with van der Waals surface area (Å²) in [7, 11) is 1.59. The summed E-state index contributed by atoms with van der Waals surface area (Å²) >= 11 is 0. The second kappa shape index (κ2) is 5.39. The van der Waals surface area contributed by atoms with E-state index in [1.165, 1.54) is 12.3 Å². The molecule has 1 aromatic heterocycles. The van der Waals surface area contributed by atoms with E-state index in [1.807, 2.05) is 25.1 Å². The number of nitrogens with zero attached hydrogens (tertiary/aromatic N) is 1. The quantitative estimate of drug-likeness (QED) is 0.882. The van der Waals surface area contributed by atoms with Crippen LogP contribution < -0.4 is 10.1 Å². The van der Waals surface area contributed by atoms with E-state index in [-0.39, 0.29) is 5.69 Å². The van der Waals surface area contributed by atoms with Crippen molar-refractivity contribution in [2.24, 2.45) is 0 Å². The number of nitrogens with one attached hydrogen (secondary N) is 1. The Labute approximate surface area is 110 Å². The van der Waals surface area contributed by atoms with Gasteiger partial charge in [-0.05, 0) is 36.8 Å². The van der Waals surface area contributed by atoms with Gasteiger partial charge in [-0.1, -0.05) is 6.07 Å². The van der Waals surface area contributed by atoms with Crippen LogP contribution >= 0.6 is 0 Å². The van der Waals surface area contributed by atoms with Crippen LogP contribution in [-0.4, -0.2) is 23.2 Å². The number of carbonyl (C=O) groups is 1. The maximum Gasteiger partial charge on any atom is 0.354 e. The molecule has 2 N–H and O–H groups in total. The molecule has 19 heavy (non-hydrogen) atoms. The molecule has 1 heterocycles. The van der Waals surface area contributed by atoms with Crippen molar-refractivity contribution in [2.45, 2.75) is 6.92 Å². The molecule has 1 aromatic carbocycles. The Morgan fingerprint density at radius 2 is 2.11 bits per heavy atom. The molecule has 0 radical (unpaired) electrons. The lowest BCUT2D eigenvalue weighted by atomic mass is 10.2. The summed E-state index contributed by atoms with van der Waals surface area (Å²) in [4.78, 5) is 14.6. The van der Waals surface area contributed by atoms with Crippen LogP contribution in [0.5, 0.6) is 5.75 Å². The molecule has 0 atom stereocenters. The fourth-order valence-corrected chi connectivity index (χ4v) is 1.70. The maximum absolute atomic E-state index is 10.9. The van der Waals surface area contributed by atoms with Crippen LogP contribution in [0.15, 0.2) is 36.5 Å². The Hall–Kier alpha value is -2.56. The van der Waals surface area contributed by atoms with E-state index in [1.54, 1.807) is 13.2 Å². The van der Waals surface area contributed by atoms with Crippen LogP contribution in [0.3, 0.4) is 0 Å². The van der Waals surface area contributed by atoms with Gasteiger partial charge in [0.25, 0.3) is 0 Å². The van der Waals surface area contributed by atoms with Crippen LogP contribution in [0, 0.1) is 6.92 Å². The van der Waals surface area contributed by atoms with Gasteiger partial charge >= 0.3 is 5.97 Å². The number of rotatable bonds is 4. The van der Waals surface area contributed by atoms with Gasteiger partial charge in [0.1, 0.15) is 11.4 Å². The minimum absolute atomic E-state index is 0.00313. The van der Waals surface area contributed by atoms with E-state index in [9.17, 15) is 4.79 Å². The smallest absolute Gasteiger partial charge is 0.354 e. The highest BCUT2D eigenvalue weighted by Crippen LogP contribution is 2.28. The molecule has 0 aliphatic heterocycles. The van der Waals surface area contributed by atoms with Crippen molar-refractivity contribution in [1.82, 2.24) is 4.98 Å². The molecule has 2 rings (SSSR count). The third-order valence-electron chi connectivity index (χ3n) is 2.61. The third-order valence-corrected chi connectivity index (χ3v) is 2.61. The number of anilines is 2. The van der Waals surface area contributed by atoms with Crippen LogP contribution in [0.25, 0.3) is 0 Å². The van der Waals surface area contributed by atoms with E-state index < -0.39 is 5.97 Å². The van der Waals surface area contributed by atoms with Crippen molar-refractivity contribution in [2.75, 3.05) is 12.4 Å². The Balaban J connectivity index is 2.33. The molecule has 0 unspecified atom stereocenters. The molecule has 0 fully saturated rings. The van der Waals surface area contributed by atoms with Crippen molar-refractivity contribution >= 4 is 17.3 Å². The standard InChI is InChI=1S/C14H14N2O3/c1-9-3-4-13(19-2)11(7-9)16-10-5-6-15-12(8-10)14(17)18/h3-8H,1-2H3,(H,15,16)(H,17,18). The molecule has 0 saturated carbocycles. The predicted octanol–water partition coefficient (Wildman–Crippen LogP) is 2.84. The predicted molar refractivity (Wildman–Crippen MR) is 72.2 cm³/mol. The molecule has 0 bridgehead atoms. The summed E-state index contributed by atoms with van der Waals surface area (Å²) in [5.41, 5.74) is 2.51. The highest BCUT2D eigenvalue weighted by molar-refractivity contribution is 5.86. The van der Waals surface area contributed by atoms with Crippen molar-refractivity contribution in [1.29, 1.82) is 0 Å². The zero-order chi connectivity index (χ0) is 13.8. The molecule has 0 spiro atoms. The van der Waals surface area contributed by atoms with Gasteiger partial charge in [-0.15, -0.1) is 0 Å². The molecule has 0 aliphatic carbocycles. The normalized spacial score (nSPS) is 10.0. The van der Waals surface area contributed by atoms with E-state index in [0.29, 0.717) is 11.4 Å². The molecule has 5 heteroatoms. The number of aromatic nitrogens is 1. The highest BCUT2D eigenvalue weighted by Gasteiger charge is 2.07. The van der Waals surface area contributed by atoms with E-state index in [4.69, 9.17) is 9.84 Å². The van der Waals surface area contributed by atoms with E-state index in [0.717, 1.165) is 11.3 Å². The van der Waals surface area contributed by atoms with Gasteiger partial charge in [-0.25, -0.2) is 9.78 Å². The van der Waals surface area contributed by atoms with Crippen LogP contribution in [0.4, 0.5) is 11.4 Å². The minimum atomic E-state index is -1.06. The number of hydrogen-bond acceptors (Lipinski definition) is 4. The zero-order valence-corrected chi connectivity index (χ0v) is 10.7. The lowest BCUT2D eigenvalue weighted by molar-refractivity contribution is 0.0690. The number of aromatic carboxylic acids is 1. The van der Waals surface area contributed by atoms with Crippen LogP contribution in [0.1, 0.15) is 16.1 Å². The fraction of sp³-hybridized carbons (Fsp3) is 0.143. The zero-order valence-electron chi connectivity index (χ0n) is 10.7.